The van der Waals surface area contributed by atoms with Gasteiger partial charge in [-0.2, -0.15) is 0 Å². The van der Waals surface area contributed by atoms with E-state index in [0.29, 0.717) is 17.7 Å². The minimum atomic E-state index is -1.27. The minimum Gasteiger partial charge on any atom is -0.444 e. The molecule has 0 heterocycles. The van der Waals surface area contributed by atoms with Gasteiger partial charge in [0.05, 0.1) is 6.61 Å². The molecule has 0 saturated heterocycles. The number of benzene rings is 2. The van der Waals surface area contributed by atoms with Crippen LogP contribution in [0, 0.1) is 13.8 Å². The van der Waals surface area contributed by atoms with Crippen molar-refractivity contribution in [3.05, 3.63) is 65.2 Å². The first-order valence-corrected chi connectivity index (χ1v) is 13.3. The third-order valence-electron chi connectivity index (χ3n) is 6.03. The van der Waals surface area contributed by atoms with Crippen molar-refractivity contribution >= 4 is 23.6 Å². The van der Waals surface area contributed by atoms with Crippen LogP contribution in [-0.2, 0) is 14.3 Å². The molecule has 8 heteroatoms. The molecule has 0 spiro atoms. The average Bonchev–Trinajstić information content (AvgIpc) is 2.84. The van der Waals surface area contributed by atoms with E-state index in [-0.39, 0.29) is 12.5 Å². The van der Waals surface area contributed by atoms with Gasteiger partial charge in [0.2, 0.25) is 5.91 Å². The van der Waals surface area contributed by atoms with E-state index < -0.39 is 36.3 Å². The summed E-state index contributed by atoms with van der Waals surface area (Å²) >= 11 is 0. The molecule has 2 rings (SSSR count). The summed E-state index contributed by atoms with van der Waals surface area (Å²) in [5.41, 5.74) is 2.36. The van der Waals surface area contributed by atoms with Gasteiger partial charge in [-0.25, -0.2) is 4.79 Å². The standard InChI is InChI=1S/C30H43N3O5/c1-7-8-9-12-18-33(28(36)25(20-34)32-29(37)38-30(4,5)6)26(23-16-13-14-21(2)19-23)27(35)31-24-17-11-10-15-22(24)3/h10-11,13-17,19,25-26,34H,7-9,12,18,20H2,1-6H3,(H,31,35)(H,32,37). The summed E-state index contributed by atoms with van der Waals surface area (Å²) in [6, 6.07) is 12.7. The van der Waals surface area contributed by atoms with Gasteiger partial charge in [-0.05, 0) is 58.2 Å². The highest BCUT2D eigenvalue weighted by atomic mass is 16.6. The van der Waals surface area contributed by atoms with Crippen LogP contribution in [0.3, 0.4) is 0 Å². The highest BCUT2D eigenvalue weighted by Crippen LogP contribution is 2.27. The Morgan fingerprint density at radius 1 is 1.00 bits per heavy atom. The Bertz CT molecular complexity index is 1080. The van der Waals surface area contributed by atoms with Crippen LogP contribution in [0.4, 0.5) is 10.5 Å². The van der Waals surface area contributed by atoms with Crippen LogP contribution < -0.4 is 10.6 Å². The number of alkyl carbamates (subject to hydrolysis) is 1. The van der Waals surface area contributed by atoms with Crippen molar-refractivity contribution in [3.8, 4) is 0 Å². The van der Waals surface area contributed by atoms with Gasteiger partial charge in [-0.1, -0.05) is 74.2 Å². The fourth-order valence-electron chi connectivity index (χ4n) is 4.14. The molecule has 3 amide bonds. The van der Waals surface area contributed by atoms with Crippen molar-refractivity contribution in [3.63, 3.8) is 0 Å². The summed E-state index contributed by atoms with van der Waals surface area (Å²) < 4.78 is 5.30. The molecule has 0 radical (unpaired) electrons. The molecule has 2 aromatic rings. The van der Waals surface area contributed by atoms with Crippen LogP contribution in [0.1, 0.15) is 76.1 Å². The molecule has 0 aromatic heterocycles. The predicted octanol–water partition coefficient (Wildman–Crippen LogP) is 5.28. The fourth-order valence-corrected chi connectivity index (χ4v) is 4.14. The number of nitrogens with one attached hydrogen (secondary N) is 2. The van der Waals surface area contributed by atoms with E-state index in [1.807, 2.05) is 62.4 Å². The quantitative estimate of drug-likeness (QED) is 0.327. The van der Waals surface area contributed by atoms with Crippen molar-refractivity contribution in [2.45, 2.75) is 84.9 Å². The summed E-state index contributed by atoms with van der Waals surface area (Å²) in [5, 5.41) is 15.6. The summed E-state index contributed by atoms with van der Waals surface area (Å²) in [7, 11) is 0. The maximum absolute atomic E-state index is 13.9. The molecule has 0 aliphatic heterocycles. The molecule has 0 aliphatic rings. The largest absolute Gasteiger partial charge is 0.444 e. The Balaban J connectivity index is 2.48. The molecule has 2 aromatic carbocycles. The van der Waals surface area contributed by atoms with Crippen molar-refractivity contribution in [1.29, 1.82) is 0 Å². The zero-order chi connectivity index (χ0) is 28.3. The SMILES string of the molecule is CCCCCCN(C(=O)C(CO)NC(=O)OC(C)(C)C)C(C(=O)Nc1ccccc1C)c1cccc(C)c1. The third kappa shape index (κ3) is 9.49. The first kappa shape index (κ1) is 30.8. The first-order chi connectivity index (χ1) is 18.0. The zero-order valence-electron chi connectivity index (χ0n) is 23.5. The number of aryl methyl sites for hydroxylation is 2. The molecule has 2 unspecified atom stereocenters. The fraction of sp³-hybridized carbons (Fsp3) is 0.500. The van der Waals surface area contributed by atoms with E-state index in [9.17, 15) is 19.5 Å². The number of unbranched alkanes of at least 4 members (excludes halogenated alkanes) is 3. The molecule has 38 heavy (non-hydrogen) atoms. The smallest absolute Gasteiger partial charge is 0.408 e. The number of hydrogen-bond acceptors (Lipinski definition) is 5. The maximum Gasteiger partial charge on any atom is 0.408 e. The Kier molecular flexibility index (Phi) is 11.8. The predicted molar refractivity (Wildman–Crippen MR) is 150 cm³/mol. The number of ether oxygens (including phenoxy) is 1. The second kappa shape index (κ2) is 14.5. The molecule has 208 valence electrons. The van der Waals surface area contributed by atoms with Crippen LogP contribution in [0.15, 0.2) is 48.5 Å². The Morgan fingerprint density at radius 3 is 2.32 bits per heavy atom. The minimum absolute atomic E-state index is 0.283. The average molecular weight is 526 g/mol. The molecule has 0 bridgehead atoms. The monoisotopic (exact) mass is 525 g/mol. The van der Waals surface area contributed by atoms with E-state index in [4.69, 9.17) is 4.74 Å². The van der Waals surface area contributed by atoms with Crippen LogP contribution in [0.5, 0.6) is 0 Å². The second-order valence-corrected chi connectivity index (χ2v) is 10.6. The molecule has 2 atom stereocenters. The van der Waals surface area contributed by atoms with E-state index >= 15 is 0 Å². The van der Waals surface area contributed by atoms with Crippen LogP contribution in [0.2, 0.25) is 0 Å². The van der Waals surface area contributed by atoms with Gasteiger partial charge in [0.25, 0.3) is 5.91 Å². The number of carbonyl (C=O) groups is 3. The molecule has 0 saturated carbocycles. The lowest BCUT2D eigenvalue weighted by molar-refractivity contribution is -0.141. The van der Waals surface area contributed by atoms with Gasteiger partial charge in [-0.3, -0.25) is 9.59 Å². The van der Waals surface area contributed by atoms with Gasteiger partial charge >= 0.3 is 6.09 Å². The summed E-state index contributed by atoms with van der Waals surface area (Å²) in [6.45, 7) is 10.7. The van der Waals surface area contributed by atoms with Gasteiger partial charge in [0.15, 0.2) is 0 Å². The number of nitrogens with zero attached hydrogens (tertiary/aromatic N) is 1. The van der Waals surface area contributed by atoms with Gasteiger partial charge in [0, 0.05) is 12.2 Å². The Morgan fingerprint density at radius 2 is 1.71 bits per heavy atom. The Hall–Kier alpha value is -3.39. The first-order valence-electron chi connectivity index (χ1n) is 13.3. The number of amides is 3. The number of anilines is 1. The van der Waals surface area contributed by atoms with Gasteiger partial charge < -0.3 is 25.4 Å². The lowest BCUT2D eigenvalue weighted by Gasteiger charge is -2.34. The summed E-state index contributed by atoms with van der Waals surface area (Å²) in [4.78, 5) is 41.7. The number of aliphatic hydroxyl groups excluding tert-OH is 1. The Labute approximate surface area is 226 Å². The van der Waals surface area contributed by atoms with Gasteiger partial charge in [0.1, 0.15) is 17.7 Å². The molecule has 0 aliphatic carbocycles. The molecule has 3 N–H and O–H groups in total. The highest BCUT2D eigenvalue weighted by Gasteiger charge is 2.36. The van der Waals surface area contributed by atoms with Crippen molar-refractivity contribution < 1.29 is 24.2 Å². The van der Waals surface area contributed by atoms with Crippen molar-refractivity contribution in [2.24, 2.45) is 0 Å². The molecule has 8 nitrogen and oxygen atoms in total. The normalized spacial score (nSPS) is 12.8. The number of carbonyl (C=O) groups excluding carboxylic acids is 3. The van der Waals surface area contributed by atoms with E-state index in [0.717, 1.165) is 30.4 Å². The molecular weight excluding hydrogens is 482 g/mol. The number of rotatable bonds is 12. The number of para-hydroxylation sites is 1. The number of hydrogen-bond donors (Lipinski definition) is 3. The van der Waals surface area contributed by atoms with Crippen molar-refractivity contribution in [2.75, 3.05) is 18.5 Å². The number of aliphatic hydroxyl groups is 1. The van der Waals surface area contributed by atoms with E-state index in [2.05, 4.69) is 17.6 Å². The second-order valence-electron chi connectivity index (χ2n) is 10.6. The topological polar surface area (TPSA) is 108 Å². The van der Waals surface area contributed by atoms with Crippen molar-refractivity contribution in [1.82, 2.24) is 10.2 Å². The van der Waals surface area contributed by atoms with Gasteiger partial charge in [-0.15, -0.1) is 0 Å². The van der Waals surface area contributed by atoms with E-state index in [1.54, 1.807) is 20.8 Å². The van der Waals surface area contributed by atoms with Crippen LogP contribution in [-0.4, -0.2) is 52.7 Å². The lowest BCUT2D eigenvalue weighted by atomic mass is 10.00. The molecule has 0 fully saturated rings. The molecular formula is C30H43N3O5. The summed E-state index contributed by atoms with van der Waals surface area (Å²) in [6.07, 6.45) is 2.75. The highest BCUT2D eigenvalue weighted by molar-refractivity contribution is 5.99. The lowest BCUT2D eigenvalue weighted by Crippen LogP contribution is -2.54. The summed E-state index contributed by atoms with van der Waals surface area (Å²) in [5.74, 6) is -0.927. The van der Waals surface area contributed by atoms with Crippen LogP contribution >= 0.6 is 0 Å². The maximum atomic E-state index is 13.9. The van der Waals surface area contributed by atoms with E-state index in [1.165, 1.54) is 4.90 Å². The third-order valence-corrected chi connectivity index (χ3v) is 6.03. The van der Waals surface area contributed by atoms with Crippen LogP contribution in [0.25, 0.3) is 0 Å². The zero-order valence-corrected chi connectivity index (χ0v) is 23.5.